The quantitative estimate of drug-likeness (QED) is 0.827. The van der Waals surface area contributed by atoms with E-state index in [9.17, 15) is 13.2 Å². The van der Waals surface area contributed by atoms with E-state index in [4.69, 9.17) is 0 Å². The first-order chi connectivity index (χ1) is 9.28. The maximum atomic E-state index is 13.1. The number of hydrogen-bond donors (Lipinski definition) is 1. The molecule has 122 valence electrons. The van der Waals surface area contributed by atoms with Crippen molar-refractivity contribution >= 4 is 23.1 Å². The van der Waals surface area contributed by atoms with Crippen molar-refractivity contribution in [3.05, 3.63) is 15.6 Å². The van der Waals surface area contributed by atoms with Gasteiger partial charge in [-0.1, -0.05) is 20.8 Å². The molecule has 1 rings (SSSR count). The highest BCUT2D eigenvalue weighted by molar-refractivity contribution is 7.99. The maximum absolute atomic E-state index is 13.1. The van der Waals surface area contributed by atoms with Crippen LogP contribution in [-0.4, -0.2) is 15.3 Å². The molecule has 21 heavy (non-hydrogen) atoms. The number of aromatic nitrogens is 1. The van der Waals surface area contributed by atoms with E-state index in [0.717, 1.165) is 11.3 Å². The van der Waals surface area contributed by atoms with Crippen LogP contribution in [0.4, 0.5) is 13.2 Å². The Labute approximate surface area is 132 Å². The SMILES string of the molecule is CC(C)(C)NCc1sc(CSC(C)(C)C)nc1C(F)(F)F. The van der Waals surface area contributed by atoms with Gasteiger partial charge in [-0.15, -0.1) is 23.1 Å². The molecule has 0 saturated heterocycles. The summed E-state index contributed by atoms with van der Waals surface area (Å²) in [5.74, 6) is 0.507. The number of alkyl halides is 3. The van der Waals surface area contributed by atoms with E-state index in [1.54, 1.807) is 11.8 Å². The van der Waals surface area contributed by atoms with E-state index in [1.165, 1.54) is 0 Å². The molecule has 0 amide bonds. The average Bonchev–Trinajstić information content (AvgIpc) is 2.64. The molecule has 1 heterocycles. The normalized spacial score (nSPS) is 13.8. The summed E-state index contributed by atoms with van der Waals surface area (Å²) in [5, 5.41) is 3.64. The largest absolute Gasteiger partial charge is 0.434 e. The van der Waals surface area contributed by atoms with Crippen LogP contribution >= 0.6 is 23.1 Å². The molecular weight excluding hydrogens is 317 g/mol. The molecule has 1 N–H and O–H groups in total. The van der Waals surface area contributed by atoms with E-state index in [0.29, 0.717) is 10.8 Å². The highest BCUT2D eigenvalue weighted by atomic mass is 32.2. The number of halogens is 3. The Hall–Kier alpha value is -0.270. The van der Waals surface area contributed by atoms with Gasteiger partial charge in [-0.2, -0.15) is 13.2 Å². The van der Waals surface area contributed by atoms with Gasteiger partial charge in [-0.3, -0.25) is 0 Å². The number of nitrogens with one attached hydrogen (secondary N) is 1. The molecule has 0 aliphatic heterocycles. The monoisotopic (exact) mass is 340 g/mol. The molecule has 0 unspecified atom stereocenters. The van der Waals surface area contributed by atoms with Crippen molar-refractivity contribution in [2.45, 2.75) is 70.3 Å². The van der Waals surface area contributed by atoms with Gasteiger partial charge in [0.15, 0.2) is 5.69 Å². The van der Waals surface area contributed by atoms with Crippen LogP contribution in [0.5, 0.6) is 0 Å². The molecule has 1 aromatic rings. The molecule has 0 atom stereocenters. The Morgan fingerprint density at radius 3 is 2.10 bits per heavy atom. The lowest BCUT2D eigenvalue weighted by Gasteiger charge is -2.20. The third-order valence-electron chi connectivity index (χ3n) is 2.42. The first kappa shape index (κ1) is 18.8. The number of rotatable bonds is 4. The van der Waals surface area contributed by atoms with Crippen molar-refractivity contribution in [3.63, 3.8) is 0 Å². The lowest BCUT2D eigenvalue weighted by molar-refractivity contribution is -0.141. The fourth-order valence-electron chi connectivity index (χ4n) is 1.43. The summed E-state index contributed by atoms with van der Waals surface area (Å²) in [7, 11) is 0. The molecule has 0 aromatic carbocycles. The van der Waals surface area contributed by atoms with Crippen LogP contribution in [0.15, 0.2) is 0 Å². The van der Waals surface area contributed by atoms with E-state index < -0.39 is 11.9 Å². The minimum Gasteiger partial charge on any atom is -0.307 e. The van der Waals surface area contributed by atoms with Crippen molar-refractivity contribution in [2.24, 2.45) is 0 Å². The molecule has 0 saturated carbocycles. The Kier molecular flexibility index (Phi) is 5.78. The van der Waals surface area contributed by atoms with E-state index in [2.05, 4.69) is 10.3 Å². The third kappa shape index (κ3) is 7.02. The molecule has 0 aliphatic carbocycles. The van der Waals surface area contributed by atoms with Crippen molar-refractivity contribution in [2.75, 3.05) is 0 Å². The van der Waals surface area contributed by atoms with Crippen LogP contribution in [0.1, 0.15) is 57.1 Å². The summed E-state index contributed by atoms with van der Waals surface area (Å²) in [5.41, 5.74) is -0.971. The zero-order valence-corrected chi connectivity index (χ0v) is 14.9. The van der Waals surface area contributed by atoms with Crippen LogP contribution in [-0.2, 0) is 18.5 Å². The van der Waals surface area contributed by atoms with E-state index in [-0.39, 0.29) is 21.7 Å². The Bertz CT molecular complexity index is 468. The van der Waals surface area contributed by atoms with Crippen LogP contribution in [0.25, 0.3) is 0 Å². The summed E-state index contributed by atoms with van der Waals surface area (Å²) in [6.07, 6.45) is -4.39. The van der Waals surface area contributed by atoms with Crippen molar-refractivity contribution in [1.82, 2.24) is 10.3 Å². The second-order valence-electron chi connectivity index (χ2n) is 6.88. The highest BCUT2D eigenvalue weighted by Crippen LogP contribution is 2.37. The average molecular weight is 340 g/mol. The molecule has 7 heteroatoms. The summed E-state index contributed by atoms with van der Waals surface area (Å²) in [4.78, 5) is 4.08. The first-order valence-electron chi connectivity index (χ1n) is 6.73. The van der Waals surface area contributed by atoms with Crippen LogP contribution in [0, 0.1) is 0 Å². The molecule has 2 nitrogen and oxygen atoms in total. The van der Waals surface area contributed by atoms with Gasteiger partial charge in [0.2, 0.25) is 0 Å². The summed E-state index contributed by atoms with van der Waals surface area (Å²) < 4.78 is 39.2. The summed E-state index contributed by atoms with van der Waals surface area (Å²) in [6.45, 7) is 12.1. The van der Waals surface area contributed by atoms with E-state index in [1.807, 2.05) is 41.5 Å². The van der Waals surface area contributed by atoms with Crippen LogP contribution in [0.3, 0.4) is 0 Å². The van der Waals surface area contributed by atoms with E-state index >= 15 is 0 Å². The predicted molar refractivity (Wildman–Crippen MR) is 84.8 cm³/mol. The predicted octanol–water partition coefficient (Wildman–Crippen LogP) is 5.08. The molecule has 0 fully saturated rings. The Balaban J connectivity index is 2.92. The topological polar surface area (TPSA) is 24.9 Å². The molecule has 0 aliphatic rings. The zero-order valence-electron chi connectivity index (χ0n) is 13.3. The van der Waals surface area contributed by atoms with Crippen molar-refractivity contribution in [3.8, 4) is 0 Å². The fraction of sp³-hybridized carbons (Fsp3) is 0.786. The summed E-state index contributed by atoms with van der Waals surface area (Å²) >= 11 is 2.76. The maximum Gasteiger partial charge on any atom is 0.434 e. The third-order valence-corrected chi connectivity index (χ3v) is 4.94. The minimum atomic E-state index is -4.39. The molecule has 0 spiro atoms. The fourth-order valence-corrected chi connectivity index (χ4v) is 3.28. The Morgan fingerprint density at radius 2 is 1.67 bits per heavy atom. The van der Waals surface area contributed by atoms with Crippen molar-refractivity contribution < 1.29 is 13.2 Å². The van der Waals surface area contributed by atoms with Gasteiger partial charge in [-0.05, 0) is 20.8 Å². The van der Waals surface area contributed by atoms with Gasteiger partial charge in [0.1, 0.15) is 5.01 Å². The molecule has 0 radical (unpaired) electrons. The van der Waals surface area contributed by atoms with Crippen LogP contribution < -0.4 is 5.32 Å². The van der Waals surface area contributed by atoms with Crippen molar-refractivity contribution in [1.29, 1.82) is 0 Å². The number of hydrogen-bond acceptors (Lipinski definition) is 4. The lowest BCUT2D eigenvalue weighted by atomic mass is 10.1. The lowest BCUT2D eigenvalue weighted by Crippen LogP contribution is -2.35. The molecule has 1 aromatic heterocycles. The smallest absolute Gasteiger partial charge is 0.307 e. The second kappa shape index (κ2) is 6.46. The summed E-state index contributed by atoms with van der Waals surface area (Å²) in [6, 6.07) is 0. The van der Waals surface area contributed by atoms with Gasteiger partial charge >= 0.3 is 6.18 Å². The number of thioether (sulfide) groups is 1. The zero-order chi connectivity index (χ0) is 16.5. The van der Waals surface area contributed by atoms with Gasteiger partial charge < -0.3 is 5.32 Å². The van der Waals surface area contributed by atoms with Gasteiger partial charge in [0.25, 0.3) is 0 Å². The standard InChI is InChI=1S/C14H23F3N2S2/c1-12(2,3)18-7-9-11(14(15,16)17)19-10(21-9)8-20-13(4,5)6/h18H,7-8H2,1-6H3. The second-order valence-corrected chi connectivity index (χ2v) is 9.85. The van der Waals surface area contributed by atoms with Gasteiger partial charge in [-0.25, -0.2) is 4.98 Å². The minimum absolute atomic E-state index is 0.00783. The number of thiazole rings is 1. The Morgan fingerprint density at radius 1 is 1.10 bits per heavy atom. The highest BCUT2D eigenvalue weighted by Gasteiger charge is 2.37. The number of nitrogens with zero attached hydrogens (tertiary/aromatic N) is 1. The molecule has 0 bridgehead atoms. The van der Waals surface area contributed by atoms with Crippen LogP contribution in [0.2, 0.25) is 0 Å². The molecular formula is C14H23F3N2S2. The van der Waals surface area contributed by atoms with Gasteiger partial charge in [0, 0.05) is 22.6 Å². The first-order valence-corrected chi connectivity index (χ1v) is 8.53. The van der Waals surface area contributed by atoms with Gasteiger partial charge in [0.05, 0.1) is 4.88 Å².